The average molecular weight is 338 g/mol. The first kappa shape index (κ1) is 17.1. The van der Waals surface area contributed by atoms with Gasteiger partial charge >= 0.3 is 0 Å². The van der Waals surface area contributed by atoms with E-state index in [0.717, 1.165) is 36.2 Å². The molecule has 0 aromatic carbocycles. The monoisotopic (exact) mass is 338 g/mol. The molecule has 1 aliphatic rings. The molecule has 0 radical (unpaired) electrons. The van der Waals surface area contributed by atoms with E-state index in [1.807, 2.05) is 29.2 Å². The van der Waals surface area contributed by atoms with Gasteiger partial charge in [-0.3, -0.25) is 19.6 Å². The topological polar surface area (TPSA) is 75.2 Å². The minimum atomic E-state index is -0.0629. The van der Waals surface area contributed by atoms with E-state index in [1.165, 1.54) is 6.92 Å². The van der Waals surface area contributed by atoms with E-state index in [2.05, 4.69) is 15.3 Å². The summed E-state index contributed by atoms with van der Waals surface area (Å²) in [7, 11) is 0. The first-order valence-electron chi connectivity index (χ1n) is 8.51. The molecular weight excluding hydrogens is 316 g/mol. The number of nitrogens with zero attached hydrogens (tertiary/aromatic N) is 3. The number of pyridine rings is 2. The standard InChI is InChI=1S/C19H22N4O2/c1-14(24)21-12-16-6-7-17(22-13-16)18-5-3-9-23(18)19(25)10-15-4-2-8-20-11-15/h2,4,6-8,11,13,18H,3,5,9-10,12H2,1H3,(H,21,24). The number of aromatic nitrogens is 2. The molecule has 6 nitrogen and oxygen atoms in total. The van der Waals surface area contributed by atoms with Crippen LogP contribution in [0.15, 0.2) is 42.9 Å². The Bertz CT molecular complexity index is 731. The largest absolute Gasteiger partial charge is 0.352 e. The minimum absolute atomic E-state index is 0.0268. The van der Waals surface area contributed by atoms with E-state index in [-0.39, 0.29) is 17.9 Å². The van der Waals surface area contributed by atoms with Crippen LogP contribution in [0.5, 0.6) is 0 Å². The highest BCUT2D eigenvalue weighted by atomic mass is 16.2. The van der Waals surface area contributed by atoms with E-state index >= 15 is 0 Å². The van der Waals surface area contributed by atoms with Gasteiger partial charge in [0.05, 0.1) is 18.2 Å². The summed E-state index contributed by atoms with van der Waals surface area (Å²) in [5.41, 5.74) is 2.78. The number of rotatable bonds is 5. The van der Waals surface area contributed by atoms with Gasteiger partial charge in [0, 0.05) is 38.6 Å². The van der Waals surface area contributed by atoms with Crippen molar-refractivity contribution in [2.24, 2.45) is 0 Å². The van der Waals surface area contributed by atoms with Crippen LogP contribution in [0, 0.1) is 0 Å². The predicted octanol–water partition coefficient (Wildman–Crippen LogP) is 2.02. The second-order valence-corrected chi connectivity index (χ2v) is 6.28. The van der Waals surface area contributed by atoms with Gasteiger partial charge in [-0.05, 0) is 36.1 Å². The molecule has 2 aromatic heterocycles. The Morgan fingerprint density at radius 2 is 2.12 bits per heavy atom. The van der Waals surface area contributed by atoms with E-state index in [0.29, 0.717) is 13.0 Å². The average Bonchev–Trinajstić information content (AvgIpc) is 3.11. The molecule has 25 heavy (non-hydrogen) atoms. The Kier molecular flexibility index (Phi) is 5.38. The van der Waals surface area contributed by atoms with Crippen LogP contribution in [0.4, 0.5) is 0 Å². The normalized spacial score (nSPS) is 16.7. The van der Waals surface area contributed by atoms with Gasteiger partial charge in [0.25, 0.3) is 0 Å². The maximum atomic E-state index is 12.7. The number of hydrogen-bond donors (Lipinski definition) is 1. The predicted molar refractivity (Wildman–Crippen MR) is 93.4 cm³/mol. The van der Waals surface area contributed by atoms with Gasteiger partial charge in [0.1, 0.15) is 0 Å². The van der Waals surface area contributed by atoms with Crippen LogP contribution in [-0.2, 0) is 22.6 Å². The van der Waals surface area contributed by atoms with E-state index in [1.54, 1.807) is 18.6 Å². The molecule has 1 fully saturated rings. The summed E-state index contributed by atoms with van der Waals surface area (Å²) in [6.45, 7) is 2.72. The van der Waals surface area contributed by atoms with Gasteiger partial charge in [-0.2, -0.15) is 0 Å². The zero-order valence-electron chi connectivity index (χ0n) is 14.3. The lowest BCUT2D eigenvalue weighted by Gasteiger charge is -2.24. The number of nitrogens with one attached hydrogen (secondary N) is 1. The van der Waals surface area contributed by atoms with Gasteiger partial charge in [0.2, 0.25) is 11.8 Å². The van der Waals surface area contributed by atoms with Crippen LogP contribution >= 0.6 is 0 Å². The summed E-state index contributed by atoms with van der Waals surface area (Å²) < 4.78 is 0. The number of likely N-dealkylation sites (tertiary alicyclic amines) is 1. The molecule has 2 aromatic rings. The fourth-order valence-corrected chi connectivity index (χ4v) is 3.12. The SMILES string of the molecule is CC(=O)NCc1ccc(C2CCCN2C(=O)Cc2cccnc2)nc1. The van der Waals surface area contributed by atoms with Crippen molar-refractivity contribution in [2.45, 2.75) is 38.8 Å². The second kappa shape index (κ2) is 7.88. The molecule has 0 spiro atoms. The molecule has 0 saturated carbocycles. The summed E-state index contributed by atoms with van der Waals surface area (Å²) in [6, 6.07) is 7.71. The number of carbonyl (C=O) groups is 2. The summed E-state index contributed by atoms with van der Waals surface area (Å²) >= 11 is 0. The lowest BCUT2D eigenvalue weighted by Crippen LogP contribution is -2.32. The fourth-order valence-electron chi connectivity index (χ4n) is 3.12. The summed E-state index contributed by atoms with van der Waals surface area (Å²) in [5, 5.41) is 2.76. The molecule has 1 N–H and O–H groups in total. The van der Waals surface area contributed by atoms with Crippen LogP contribution in [0.2, 0.25) is 0 Å². The lowest BCUT2D eigenvalue weighted by molar-refractivity contribution is -0.131. The first-order valence-corrected chi connectivity index (χ1v) is 8.51. The fraction of sp³-hybridized carbons (Fsp3) is 0.368. The maximum absolute atomic E-state index is 12.7. The Hall–Kier alpha value is -2.76. The third-order valence-electron chi connectivity index (χ3n) is 4.38. The quantitative estimate of drug-likeness (QED) is 0.905. The smallest absolute Gasteiger partial charge is 0.227 e. The van der Waals surface area contributed by atoms with Crippen LogP contribution in [-0.4, -0.2) is 33.2 Å². The molecule has 0 aliphatic carbocycles. The van der Waals surface area contributed by atoms with Crippen LogP contribution in [0.25, 0.3) is 0 Å². The van der Waals surface area contributed by atoms with Crippen molar-refractivity contribution in [2.75, 3.05) is 6.54 Å². The number of amides is 2. The maximum Gasteiger partial charge on any atom is 0.227 e. The third-order valence-corrected chi connectivity index (χ3v) is 4.38. The molecular formula is C19H22N4O2. The highest BCUT2D eigenvalue weighted by Crippen LogP contribution is 2.31. The summed E-state index contributed by atoms with van der Waals surface area (Å²) in [6.07, 6.45) is 7.49. The Morgan fingerprint density at radius 3 is 2.80 bits per heavy atom. The number of carbonyl (C=O) groups excluding carboxylic acids is 2. The van der Waals surface area contributed by atoms with Gasteiger partial charge in [-0.25, -0.2) is 0 Å². The van der Waals surface area contributed by atoms with Crippen LogP contribution in [0.1, 0.15) is 42.6 Å². The molecule has 130 valence electrons. The molecule has 1 saturated heterocycles. The number of hydrogen-bond acceptors (Lipinski definition) is 4. The van der Waals surface area contributed by atoms with E-state index < -0.39 is 0 Å². The van der Waals surface area contributed by atoms with Crippen LogP contribution < -0.4 is 5.32 Å². The summed E-state index contributed by atoms with van der Waals surface area (Å²) in [5.74, 6) is 0.0478. The first-order chi connectivity index (χ1) is 12.1. The molecule has 3 heterocycles. The lowest BCUT2D eigenvalue weighted by atomic mass is 10.1. The van der Waals surface area contributed by atoms with Gasteiger partial charge < -0.3 is 10.2 Å². The third kappa shape index (κ3) is 4.41. The summed E-state index contributed by atoms with van der Waals surface area (Å²) in [4.78, 5) is 34.2. The zero-order chi connectivity index (χ0) is 17.6. The Labute approximate surface area is 147 Å². The highest BCUT2D eigenvalue weighted by Gasteiger charge is 2.30. The van der Waals surface area contributed by atoms with Crippen molar-refractivity contribution in [3.8, 4) is 0 Å². The molecule has 3 rings (SSSR count). The molecule has 1 aliphatic heterocycles. The van der Waals surface area contributed by atoms with Crippen molar-refractivity contribution in [3.05, 3.63) is 59.7 Å². The minimum Gasteiger partial charge on any atom is -0.352 e. The van der Waals surface area contributed by atoms with E-state index in [9.17, 15) is 9.59 Å². The molecule has 6 heteroatoms. The van der Waals surface area contributed by atoms with Gasteiger partial charge in [-0.1, -0.05) is 12.1 Å². The molecule has 2 amide bonds. The second-order valence-electron chi connectivity index (χ2n) is 6.28. The molecule has 1 atom stereocenters. The molecule has 0 bridgehead atoms. The van der Waals surface area contributed by atoms with Gasteiger partial charge in [-0.15, -0.1) is 0 Å². The van der Waals surface area contributed by atoms with Crippen molar-refractivity contribution >= 4 is 11.8 Å². The van der Waals surface area contributed by atoms with Crippen molar-refractivity contribution in [1.82, 2.24) is 20.2 Å². The zero-order valence-corrected chi connectivity index (χ0v) is 14.3. The van der Waals surface area contributed by atoms with E-state index in [4.69, 9.17) is 0 Å². The highest BCUT2D eigenvalue weighted by molar-refractivity contribution is 5.79. The van der Waals surface area contributed by atoms with Crippen molar-refractivity contribution in [3.63, 3.8) is 0 Å². The van der Waals surface area contributed by atoms with Crippen molar-refractivity contribution in [1.29, 1.82) is 0 Å². The Balaban J connectivity index is 1.66. The molecule has 1 unspecified atom stereocenters. The van der Waals surface area contributed by atoms with Crippen LogP contribution in [0.3, 0.4) is 0 Å². The Morgan fingerprint density at radius 1 is 1.24 bits per heavy atom. The van der Waals surface area contributed by atoms with Crippen molar-refractivity contribution < 1.29 is 9.59 Å². The van der Waals surface area contributed by atoms with Gasteiger partial charge in [0.15, 0.2) is 0 Å².